The first-order valence-electron chi connectivity index (χ1n) is 10.5. The van der Waals surface area contributed by atoms with E-state index >= 15 is 0 Å². The van der Waals surface area contributed by atoms with Gasteiger partial charge in [0.05, 0.1) is 6.04 Å². The Bertz CT molecular complexity index is 503. The zero-order chi connectivity index (χ0) is 19.9. The van der Waals surface area contributed by atoms with Crippen LogP contribution in [0.1, 0.15) is 53.9 Å². The van der Waals surface area contributed by atoms with Crippen LogP contribution in [0.4, 0.5) is 4.79 Å². The maximum absolute atomic E-state index is 12.0. The molecule has 2 fully saturated rings. The molecule has 0 spiro atoms. The minimum atomic E-state index is -0.468. The summed E-state index contributed by atoms with van der Waals surface area (Å²) in [7, 11) is 0. The van der Waals surface area contributed by atoms with Gasteiger partial charge in [0.15, 0.2) is 5.96 Å². The fourth-order valence-corrected chi connectivity index (χ4v) is 3.68. The molecule has 0 aliphatic carbocycles. The van der Waals surface area contributed by atoms with Crippen molar-refractivity contribution in [2.24, 2.45) is 10.9 Å². The number of hydrogen-bond donors (Lipinski definition) is 2. The van der Waals surface area contributed by atoms with Crippen molar-refractivity contribution in [1.82, 2.24) is 20.4 Å². The molecule has 0 aromatic carbocycles. The molecule has 7 nitrogen and oxygen atoms in total. The fraction of sp³-hybridized carbons (Fsp3) is 0.900. The van der Waals surface area contributed by atoms with E-state index in [9.17, 15) is 4.79 Å². The monoisotopic (exact) mass is 509 g/mol. The molecule has 2 aliphatic heterocycles. The second-order valence-corrected chi connectivity index (χ2v) is 8.89. The summed E-state index contributed by atoms with van der Waals surface area (Å²) in [6.45, 7) is 17.0. The van der Waals surface area contributed by atoms with Gasteiger partial charge in [0.1, 0.15) is 5.60 Å². The molecule has 2 aliphatic rings. The average molecular weight is 509 g/mol. The molecular formula is C20H40IN5O2. The van der Waals surface area contributed by atoms with Crippen molar-refractivity contribution in [3.8, 4) is 0 Å². The molecule has 2 atom stereocenters. The molecule has 0 radical (unpaired) electrons. The summed E-state index contributed by atoms with van der Waals surface area (Å²) in [4.78, 5) is 21.7. The van der Waals surface area contributed by atoms with E-state index in [1.807, 2.05) is 20.8 Å². The number of alkyl carbamates (subject to hydrolysis) is 1. The number of guanidine groups is 1. The first-order chi connectivity index (χ1) is 12.8. The minimum absolute atomic E-state index is 0. The first-order valence-corrected chi connectivity index (χ1v) is 10.5. The minimum Gasteiger partial charge on any atom is -0.444 e. The van der Waals surface area contributed by atoms with Crippen molar-refractivity contribution in [2.45, 2.75) is 65.5 Å². The van der Waals surface area contributed by atoms with Crippen LogP contribution >= 0.6 is 24.0 Å². The fourth-order valence-electron chi connectivity index (χ4n) is 3.68. The van der Waals surface area contributed by atoms with E-state index in [0.717, 1.165) is 45.1 Å². The van der Waals surface area contributed by atoms with E-state index in [4.69, 9.17) is 9.73 Å². The van der Waals surface area contributed by atoms with E-state index in [1.165, 1.54) is 25.9 Å². The van der Waals surface area contributed by atoms with Crippen LogP contribution < -0.4 is 10.6 Å². The van der Waals surface area contributed by atoms with E-state index in [2.05, 4.69) is 34.3 Å². The Hall–Kier alpha value is -0.770. The van der Waals surface area contributed by atoms with Crippen LogP contribution in [0.25, 0.3) is 0 Å². The zero-order valence-corrected chi connectivity index (χ0v) is 20.6. The average Bonchev–Trinajstić information content (AvgIpc) is 3.21. The molecule has 0 aromatic rings. The normalized spacial score (nSPS) is 22.0. The van der Waals surface area contributed by atoms with Crippen LogP contribution in [-0.2, 0) is 4.74 Å². The molecule has 0 aromatic heterocycles. The third-order valence-electron chi connectivity index (χ3n) is 4.86. The van der Waals surface area contributed by atoms with Gasteiger partial charge >= 0.3 is 6.09 Å². The summed E-state index contributed by atoms with van der Waals surface area (Å²) in [5, 5.41) is 6.39. The predicted octanol–water partition coefficient (Wildman–Crippen LogP) is 2.90. The van der Waals surface area contributed by atoms with Gasteiger partial charge in [0.2, 0.25) is 0 Å². The lowest BCUT2D eigenvalue weighted by molar-refractivity contribution is 0.0507. The van der Waals surface area contributed by atoms with Crippen LogP contribution in [0.3, 0.4) is 0 Å². The lowest BCUT2D eigenvalue weighted by atomic mass is 10.2. The predicted molar refractivity (Wildman–Crippen MR) is 126 cm³/mol. The van der Waals surface area contributed by atoms with Gasteiger partial charge in [0.25, 0.3) is 0 Å². The highest BCUT2D eigenvalue weighted by Gasteiger charge is 2.28. The second-order valence-electron chi connectivity index (χ2n) is 8.89. The Morgan fingerprint density at radius 1 is 1.25 bits per heavy atom. The summed E-state index contributed by atoms with van der Waals surface area (Å²) in [6.07, 6.45) is 3.24. The number of rotatable bonds is 6. The highest BCUT2D eigenvalue weighted by atomic mass is 127. The molecular weight excluding hydrogens is 469 g/mol. The molecule has 2 saturated heterocycles. The summed E-state index contributed by atoms with van der Waals surface area (Å²) in [5.41, 5.74) is -0.468. The lowest BCUT2D eigenvalue weighted by Crippen LogP contribution is -2.44. The molecule has 0 saturated carbocycles. The van der Waals surface area contributed by atoms with Crippen molar-refractivity contribution in [3.63, 3.8) is 0 Å². The number of carbonyl (C=O) groups is 1. The number of likely N-dealkylation sites (tertiary alicyclic amines) is 2. The van der Waals surface area contributed by atoms with Crippen molar-refractivity contribution in [1.29, 1.82) is 0 Å². The lowest BCUT2D eigenvalue weighted by Gasteiger charge is -2.24. The topological polar surface area (TPSA) is 69.2 Å². The van der Waals surface area contributed by atoms with Crippen molar-refractivity contribution >= 4 is 36.0 Å². The van der Waals surface area contributed by atoms with Gasteiger partial charge in [-0.25, -0.2) is 4.79 Å². The van der Waals surface area contributed by atoms with Gasteiger partial charge in [-0.2, -0.15) is 0 Å². The van der Waals surface area contributed by atoms with E-state index in [0.29, 0.717) is 5.92 Å². The van der Waals surface area contributed by atoms with Crippen LogP contribution in [0.15, 0.2) is 4.99 Å². The third kappa shape index (κ3) is 9.15. The molecule has 2 unspecified atom stereocenters. The van der Waals surface area contributed by atoms with Gasteiger partial charge in [-0.15, -0.1) is 24.0 Å². The van der Waals surface area contributed by atoms with Crippen molar-refractivity contribution in [3.05, 3.63) is 0 Å². The highest BCUT2D eigenvalue weighted by Crippen LogP contribution is 2.13. The maximum atomic E-state index is 12.0. The number of hydrogen-bond acceptors (Lipinski definition) is 4. The summed E-state index contributed by atoms with van der Waals surface area (Å²) in [5.74, 6) is 1.51. The SMILES string of the molecule is CCNC(=NCC(C)CN1CCCC1)N1CCC(NC(=O)OC(C)(C)C)C1.I. The molecule has 2 heterocycles. The number of halogens is 1. The Morgan fingerprint density at radius 3 is 2.54 bits per heavy atom. The number of aliphatic imine (C=N–C) groups is 1. The van der Waals surface area contributed by atoms with E-state index in [1.54, 1.807) is 0 Å². The number of nitrogens with zero attached hydrogens (tertiary/aromatic N) is 3. The zero-order valence-electron chi connectivity index (χ0n) is 18.3. The molecule has 2 rings (SSSR count). The number of carbonyl (C=O) groups excluding carboxylic acids is 1. The summed E-state index contributed by atoms with van der Waals surface area (Å²) < 4.78 is 5.37. The number of ether oxygens (including phenoxy) is 1. The quantitative estimate of drug-likeness (QED) is 0.328. The second kappa shape index (κ2) is 12.0. The largest absolute Gasteiger partial charge is 0.444 e. The van der Waals surface area contributed by atoms with Crippen molar-refractivity contribution in [2.75, 3.05) is 45.8 Å². The molecule has 1 amide bonds. The van der Waals surface area contributed by atoms with Gasteiger partial charge < -0.3 is 25.2 Å². The summed E-state index contributed by atoms with van der Waals surface area (Å²) in [6, 6.07) is 0.103. The standard InChI is InChI=1S/C20H39N5O2.HI/c1-6-21-18(22-13-16(2)14-24-10-7-8-11-24)25-12-9-17(15-25)23-19(26)27-20(3,4)5;/h16-17H,6-15H2,1-5H3,(H,21,22)(H,23,26);1H. The third-order valence-corrected chi connectivity index (χ3v) is 4.86. The Kier molecular flexibility index (Phi) is 10.9. The van der Waals surface area contributed by atoms with Crippen LogP contribution in [0.5, 0.6) is 0 Å². The molecule has 8 heteroatoms. The molecule has 164 valence electrons. The van der Waals surface area contributed by atoms with Crippen molar-refractivity contribution < 1.29 is 9.53 Å². The maximum Gasteiger partial charge on any atom is 0.407 e. The molecule has 2 N–H and O–H groups in total. The number of nitrogens with one attached hydrogen (secondary N) is 2. The van der Waals surface area contributed by atoms with Gasteiger partial charge in [-0.3, -0.25) is 4.99 Å². The van der Waals surface area contributed by atoms with Gasteiger partial charge in [0, 0.05) is 32.7 Å². The van der Waals surface area contributed by atoms with E-state index < -0.39 is 5.60 Å². The first kappa shape index (κ1) is 25.3. The molecule has 28 heavy (non-hydrogen) atoms. The highest BCUT2D eigenvalue weighted by molar-refractivity contribution is 14.0. The van der Waals surface area contributed by atoms with Crippen LogP contribution in [0.2, 0.25) is 0 Å². The molecule has 0 bridgehead atoms. The van der Waals surface area contributed by atoms with Gasteiger partial charge in [-0.05, 0) is 66.0 Å². The van der Waals surface area contributed by atoms with Gasteiger partial charge in [-0.1, -0.05) is 6.92 Å². The summed E-state index contributed by atoms with van der Waals surface area (Å²) >= 11 is 0. The Balaban J connectivity index is 0.00000392. The number of amides is 1. The Morgan fingerprint density at radius 2 is 1.93 bits per heavy atom. The van der Waals surface area contributed by atoms with E-state index in [-0.39, 0.29) is 36.1 Å². The van der Waals surface area contributed by atoms with Crippen LogP contribution in [0, 0.1) is 5.92 Å². The van der Waals surface area contributed by atoms with Crippen LogP contribution in [-0.4, -0.2) is 79.3 Å². The Labute approximate surface area is 188 Å². The smallest absolute Gasteiger partial charge is 0.407 e.